The average Bonchev–Trinajstić information content (AvgIpc) is 3.91. The van der Waals surface area contributed by atoms with Gasteiger partial charge in [-0.15, -0.1) is 0 Å². The smallest absolute Gasteiger partial charge is 0.237 e. The number of ketones is 1. The first-order valence-electron chi connectivity index (χ1n) is 24.6. The fourth-order valence-electron chi connectivity index (χ4n) is 9.33. The Bertz CT molecular complexity index is 1200. The molecule has 0 aromatic carbocycles. The molecule has 4 N–H and O–H groups in total. The third-order valence-corrected chi connectivity index (χ3v) is 16.2. The fraction of sp³-hybridized carbons (Fsp3) is 0.980. The Labute approximate surface area is 390 Å². The minimum atomic E-state index is -2.14. The molecule has 6 fully saturated rings. The van der Waals surface area contributed by atoms with Gasteiger partial charge in [0.2, 0.25) is 5.85 Å². The molecule has 6 rings (SSSR count). The molecule has 23 atom stereocenters. The first-order valence-corrected chi connectivity index (χ1v) is 24.6. The molecule has 0 aromatic rings. The lowest BCUT2D eigenvalue weighted by atomic mass is 9.85. The predicted octanol–water partition coefficient (Wildman–Crippen LogP) is 9.39. The van der Waals surface area contributed by atoms with E-state index in [4.69, 9.17) is 33.5 Å². The number of aliphatic hydroxyl groups is 4. The van der Waals surface area contributed by atoms with E-state index in [1.54, 1.807) is 34.6 Å². The number of alkyl halides is 4. The van der Waals surface area contributed by atoms with Crippen LogP contribution in [0.2, 0.25) is 0 Å². The number of carbonyl (C=O) groups excluding carboxylic acids is 1. The monoisotopic (exact) mass is 947 g/mol. The van der Waals surface area contributed by atoms with Crippen LogP contribution in [0.15, 0.2) is 0 Å². The fourth-order valence-corrected chi connectivity index (χ4v) is 9.33. The molecular weight excluding hydrogens is 853 g/mol. The summed E-state index contributed by atoms with van der Waals surface area (Å²) in [6.45, 7) is 36.2. The molecular formula is C50H94F4O11. The van der Waals surface area contributed by atoms with Gasteiger partial charge in [0, 0.05) is 29.6 Å². The van der Waals surface area contributed by atoms with Crippen LogP contribution in [0.1, 0.15) is 171 Å². The van der Waals surface area contributed by atoms with Crippen molar-refractivity contribution in [3.63, 3.8) is 0 Å². The van der Waals surface area contributed by atoms with Crippen molar-refractivity contribution in [2.45, 2.75) is 278 Å². The van der Waals surface area contributed by atoms with Crippen molar-refractivity contribution in [2.75, 3.05) is 6.61 Å². The summed E-state index contributed by atoms with van der Waals surface area (Å²) in [7, 11) is 0. The quantitative estimate of drug-likeness (QED) is 0.189. The zero-order valence-corrected chi connectivity index (χ0v) is 43.8. The molecule has 6 aliphatic rings. The second-order valence-electron chi connectivity index (χ2n) is 20.3. The zero-order chi connectivity index (χ0) is 51.0. The van der Waals surface area contributed by atoms with Crippen LogP contribution in [0.5, 0.6) is 0 Å². The van der Waals surface area contributed by atoms with Crippen molar-refractivity contribution in [2.24, 2.45) is 29.6 Å². The number of carbonyl (C=O) groups is 1. The minimum absolute atomic E-state index is 0.0255. The largest absolute Gasteiger partial charge is 0.394 e. The molecule has 0 radical (unpaired) electrons. The van der Waals surface area contributed by atoms with Gasteiger partial charge in [0.1, 0.15) is 35.8 Å². The lowest BCUT2D eigenvalue weighted by molar-refractivity contribution is -0.145. The van der Waals surface area contributed by atoms with Crippen molar-refractivity contribution >= 4 is 5.78 Å². The van der Waals surface area contributed by atoms with E-state index in [1.807, 2.05) is 83.1 Å². The highest BCUT2D eigenvalue weighted by Crippen LogP contribution is 2.42. The van der Waals surface area contributed by atoms with Gasteiger partial charge >= 0.3 is 0 Å². The second kappa shape index (κ2) is 25.2. The molecule has 0 aliphatic carbocycles. The SMILES string of the molecule is CC[C@H]1OC(C)C(=O)[C@H]1C.CC[C@H]1OC(C)C(C)(F)[C@H]1C.CC[C@H]1OC(C)C(C)(O)[C@H]1C.CC[C@H]1OC(C)C(O)(F)[C@H]1C.CC[C@H]1O[C@@H](C)C(C)(F)[C@H]1C.C[C@@H]1O[C@H](CO)[C@H](O)C1(C)F. The van der Waals surface area contributed by atoms with E-state index in [1.165, 1.54) is 6.92 Å². The molecule has 0 amide bonds. The molecule has 0 aromatic heterocycles. The molecule has 388 valence electrons. The van der Waals surface area contributed by atoms with E-state index in [-0.39, 0.29) is 91.0 Å². The van der Waals surface area contributed by atoms with Crippen molar-refractivity contribution in [1.82, 2.24) is 0 Å². The van der Waals surface area contributed by atoms with E-state index in [9.17, 15) is 37.7 Å². The van der Waals surface area contributed by atoms with Gasteiger partial charge in [-0.2, -0.15) is 0 Å². The van der Waals surface area contributed by atoms with Gasteiger partial charge in [-0.3, -0.25) is 4.79 Å². The van der Waals surface area contributed by atoms with E-state index >= 15 is 0 Å². The van der Waals surface area contributed by atoms with Crippen LogP contribution in [0.3, 0.4) is 0 Å². The van der Waals surface area contributed by atoms with Crippen LogP contribution in [0, 0.1) is 29.6 Å². The Morgan fingerprint density at radius 1 is 0.462 bits per heavy atom. The maximum absolute atomic E-state index is 13.7. The van der Waals surface area contributed by atoms with Crippen LogP contribution in [-0.4, -0.2) is 141 Å². The summed E-state index contributed by atoms with van der Waals surface area (Å²) in [5, 5.41) is 37.0. The molecule has 0 bridgehead atoms. The normalized spacial score (nSPS) is 49.9. The number of aliphatic hydroxyl groups excluding tert-OH is 2. The summed E-state index contributed by atoms with van der Waals surface area (Å²) in [4.78, 5) is 11.1. The Kier molecular flexibility index (Phi) is 24.0. The summed E-state index contributed by atoms with van der Waals surface area (Å²) in [6.07, 6.45) is 0.946. The molecule has 9 unspecified atom stereocenters. The summed E-state index contributed by atoms with van der Waals surface area (Å²) >= 11 is 0. The highest BCUT2D eigenvalue weighted by molar-refractivity contribution is 5.87. The van der Waals surface area contributed by atoms with Gasteiger partial charge in [-0.05, 0) is 101 Å². The lowest BCUT2D eigenvalue weighted by Gasteiger charge is -2.25. The summed E-state index contributed by atoms with van der Waals surface area (Å²) in [5.41, 5.74) is -4.66. The first kappa shape index (κ1) is 62.0. The molecule has 0 spiro atoms. The van der Waals surface area contributed by atoms with Gasteiger partial charge in [-0.25, -0.2) is 17.6 Å². The minimum Gasteiger partial charge on any atom is -0.394 e. The summed E-state index contributed by atoms with van der Waals surface area (Å²) in [6, 6.07) is 0. The van der Waals surface area contributed by atoms with Crippen molar-refractivity contribution in [1.29, 1.82) is 0 Å². The molecule has 0 saturated carbocycles. The van der Waals surface area contributed by atoms with E-state index in [0.29, 0.717) is 0 Å². The summed E-state index contributed by atoms with van der Waals surface area (Å²) in [5.74, 6) is -1.87. The first-order chi connectivity index (χ1) is 29.7. The topological polar surface area (TPSA) is 153 Å². The predicted molar refractivity (Wildman–Crippen MR) is 247 cm³/mol. The molecule has 6 saturated heterocycles. The molecule has 6 heterocycles. The highest BCUT2D eigenvalue weighted by Gasteiger charge is 2.53. The maximum Gasteiger partial charge on any atom is 0.237 e. The van der Waals surface area contributed by atoms with Gasteiger partial charge < -0.3 is 48.8 Å². The number of ether oxygens (including phenoxy) is 6. The van der Waals surface area contributed by atoms with E-state index in [0.717, 1.165) is 32.1 Å². The van der Waals surface area contributed by atoms with Gasteiger partial charge in [0.25, 0.3) is 0 Å². The van der Waals surface area contributed by atoms with Gasteiger partial charge in [-0.1, -0.05) is 69.2 Å². The Morgan fingerprint density at radius 3 is 0.938 bits per heavy atom. The average molecular weight is 947 g/mol. The Morgan fingerprint density at radius 2 is 0.785 bits per heavy atom. The summed E-state index contributed by atoms with van der Waals surface area (Å²) < 4.78 is 86.1. The molecule has 65 heavy (non-hydrogen) atoms. The molecule has 15 heteroatoms. The zero-order valence-electron chi connectivity index (χ0n) is 43.8. The molecule has 6 aliphatic heterocycles. The van der Waals surface area contributed by atoms with E-state index < -0.39 is 58.8 Å². The van der Waals surface area contributed by atoms with Crippen LogP contribution < -0.4 is 0 Å². The maximum atomic E-state index is 13.7. The van der Waals surface area contributed by atoms with Crippen molar-refractivity contribution in [3.05, 3.63) is 0 Å². The number of Topliss-reactive ketones (excluding diaryl/α,β-unsaturated/α-hetero) is 1. The Balaban J connectivity index is 0.000000390. The number of halogens is 4. The number of hydrogen-bond donors (Lipinski definition) is 4. The third kappa shape index (κ3) is 14.5. The van der Waals surface area contributed by atoms with Gasteiger partial charge in [0.05, 0.1) is 67.1 Å². The van der Waals surface area contributed by atoms with E-state index in [2.05, 4.69) is 13.8 Å². The van der Waals surface area contributed by atoms with Crippen LogP contribution in [0.4, 0.5) is 17.6 Å². The van der Waals surface area contributed by atoms with Crippen molar-refractivity contribution in [3.8, 4) is 0 Å². The lowest BCUT2D eigenvalue weighted by Crippen LogP contribution is -2.40. The molecule has 11 nitrogen and oxygen atoms in total. The van der Waals surface area contributed by atoms with Gasteiger partial charge in [0.15, 0.2) is 11.5 Å². The number of hydrogen-bond acceptors (Lipinski definition) is 11. The van der Waals surface area contributed by atoms with Crippen LogP contribution in [-0.2, 0) is 33.2 Å². The standard InChI is InChI=1S/2C9H17FO.C9H18O2.C8H15FO2.C8H14O2.C7H13FO3/c3*1-5-8-6(2)9(4,10)7(3)11-8;1-4-7-5(2)8(9,10)6(3)11-7;1-4-7-5(2)8(9)6(3)10-7;1-4-7(2,8)6(10)5(3-9)11-4/h2*6-8H,5H2,1-4H3;6-8,10H,5H2,1-4H3;5-7,10H,4H2,1-3H3;5-7H,4H2,1-3H3;4-6,9-10H,3H2,1-2H3/t6-,7?,8+,9?;6-,7-,8+,9?;6-,7?,8+,9?;5-,6?,7+,8?;5-,6?,7+;4-,5+,6-,7?/m000000/s1. The van der Waals surface area contributed by atoms with Crippen molar-refractivity contribution < 1.29 is 71.2 Å². The Hall–Kier alpha value is -1.01. The highest BCUT2D eigenvalue weighted by atomic mass is 19.2. The van der Waals surface area contributed by atoms with Crippen LogP contribution >= 0.6 is 0 Å². The second-order valence-corrected chi connectivity index (χ2v) is 20.3. The number of rotatable bonds is 6. The third-order valence-electron chi connectivity index (χ3n) is 16.2. The van der Waals surface area contributed by atoms with Crippen LogP contribution in [0.25, 0.3) is 0 Å².